The second-order valence-corrected chi connectivity index (χ2v) is 3.82. The topological polar surface area (TPSA) is 52.6 Å². The first-order chi connectivity index (χ1) is 6.33. The van der Waals surface area contributed by atoms with E-state index in [1.807, 2.05) is 0 Å². The molecule has 2 saturated heterocycles. The number of aliphatic hydroxyl groups excluding tert-OH is 1. The molecule has 4 heteroatoms. The second-order valence-electron chi connectivity index (χ2n) is 3.82. The van der Waals surface area contributed by atoms with E-state index in [-0.39, 0.29) is 18.4 Å². The van der Waals surface area contributed by atoms with Crippen LogP contribution >= 0.6 is 0 Å². The number of carbonyl (C=O) groups is 1. The zero-order valence-electron chi connectivity index (χ0n) is 7.70. The quantitative estimate of drug-likeness (QED) is 0.590. The van der Waals surface area contributed by atoms with Crippen LogP contribution in [0.2, 0.25) is 0 Å². The molecule has 13 heavy (non-hydrogen) atoms. The van der Waals surface area contributed by atoms with Gasteiger partial charge in [0.25, 0.3) is 0 Å². The number of likely N-dealkylation sites (tertiary alicyclic amines) is 1. The Morgan fingerprint density at radius 3 is 3.23 bits per heavy atom. The van der Waals surface area contributed by atoms with Gasteiger partial charge in [0.2, 0.25) is 5.91 Å². The molecule has 2 rings (SSSR count). The van der Waals surface area contributed by atoms with E-state index in [9.17, 15) is 4.79 Å². The molecule has 0 bridgehead atoms. The number of amides is 1. The maximum absolute atomic E-state index is 11.4. The van der Waals surface area contributed by atoms with Crippen LogP contribution < -0.4 is 5.32 Å². The van der Waals surface area contributed by atoms with Crippen LogP contribution in [0.1, 0.15) is 12.8 Å². The van der Waals surface area contributed by atoms with Gasteiger partial charge in [-0.3, -0.25) is 9.69 Å². The fourth-order valence-electron chi connectivity index (χ4n) is 2.45. The Balaban J connectivity index is 2.02. The molecule has 0 aromatic rings. The van der Waals surface area contributed by atoms with Crippen LogP contribution in [0.15, 0.2) is 0 Å². The molecule has 2 N–H and O–H groups in total. The Morgan fingerprint density at radius 2 is 2.46 bits per heavy atom. The van der Waals surface area contributed by atoms with Crippen molar-refractivity contribution in [3.63, 3.8) is 0 Å². The maximum Gasteiger partial charge on any atom is 0.224 e. The molecule has 2 atom stereocenters. The summed E-state index contributed by atoms with van der Waals surface area (Å²) in [6.07, 6.45) is 2.09. The van der Waals surface area contributed by atoms with Gasteiger partial charge >= 0.3 is 0 Å². The van der Waals surface area contributed by atoms with E-state index in [1.54, 1.807) is 0 Å². The molecule has 2 aliphatic heterocycles. The highest BCUT2D eigenvalue weighted by atomic mass is 16.3. The van der Waals surface area contributed by atoms with Crippen molar-refractivity contribution in [3.8, 4) is 0 Å². The van der Waals surface area contributed by atoms with Crippen LogP contribution in [0.4, 0.5) is 0 Å². The standard InChI is InChI=1S/C9H16N2O2/c12-5-4-11-3-1-2-7-8(11)6-10-9(7)13/h7-8,12H,1-6H2,(H,10,13). The maximum atomic E-state index is 11.4. The summed E-state index contributed by atoms with van der Waals surface area (Å²) in [7, 11) is 0. The summed E-state index contributed by atoms with van der Waals surface area (Å²) >= 11 is 0. The van der Waals surface area contributed by atoms with E-state index in [1.165, 1.54) is 0 Å². The SMILES string of the molecule is O=C1NCC2C1CCCN2CCO. The van der Waals surface area contributed by atoms with Crippen molar-refractivity contribution in [1.29, 1.82) is 0 Å². The first kappa shape index (κ1) is 8.97. The average molecular weight is 184 g/mol. The summed E-state index contributed by atoms with van der Waals surface area (Å²) in [6.45, 7) is 2.69. The van der Waals surface area contributed by atoms with Crippen molar-refractivity contribution in [2.45, 2.75) is 18.9 Å². The largest absolute Gasteiger partial charge is 0.395 e. The molecule has 0 spiro atoms. The van der Waals surface area contributed by atoms with Gasteiger partial charge in [-0.05, 0) is 19.4 Å². The minimum Gasteiger partial charge on any atom is -0.395 e. The Bertz CT molecular complexity index is 206. The summed E-state index contributed by atoms with van der Waals surface area (Å²) in [4.78, 5) is 13.6. The molecule has 1 amide bonds. The van der Waals surface area contributed by atoms with Crippen LogP contribution in [-0.2, 0) is 4.79 Å². The van der Waals surface area contributed by atoms with Gasteiger partial charge in [-0.2, -0.15) is 0 Å². The predicted octanol–water partition coefficient (Wildman–Crippen LogP) is -0.811. The third-order valence-corrected chi connectivity index (χ3v) is 3.10. The lowest BCUT2D eigenvalue weighted by Crippen LogP contribution is -2.46. The Kier molecular flexibility index (Phi) is 2.51. The minimum atomic E-state index is 0.181. The number of hydrogen-bond donors (Lipinski definition) is 2. The smallest absolute Gasteiger partial charge is 0.224 e. The number of nitrogens with one attached hydrogen (secondary N) is 1. The molecule has 2 unspecified atom stereocenters. The van der Waals surface area contributed by atoms with Crippen molar-refractivity contribution < 1.29 is 9.90 Å². The monoisotopic (exact) mass is 184 g/mol. The molecule has 0 saturated carbocycles. The van der Waals surface area contributed by atoms with E-state index < -0.39 is 0 Å². The summed E-state index contributed by atoms with van der Waals surface area (Å²) in [6, 6.07) is 0.341. The average Bonchev–Trinajstić information content (AvgIpc) is 2.50. The van der Waals surface area contributed by atoms with E-state index >= 15 is 0 Å². The van der Waals surface area contributed by atoms with Gasteiger partial charge in [0, 0.05) is 19.1 Å². The van der Waals surface area contributed by atoms with Gasteiger partial charge in [-0.1, -0.05) is 0 Å². The summed E-state index contributed by atoms with van der Waals surface area (Å²) < 4.78 is 0. The molecule has 2 aliphatic rings. The minimum absolute atomic E-state index is 0.181. The highest BCUT2D eigenvalue weighted by molar-refractivity contribution is 5.82. The van der Waals surface area contributed by atoms with Gasteiger partial charge in [0.05, 0.1) is 12.5 Å². The molecule has 0 aliphatic carbocycles. The van der Waals surface area contributed by atoms with Gasteiger partial charge < -0.3 is 10.4 Å². The molecule has 0 aromatic heterocycles. The summed E-state index contributed by atoms with van der Waals surface area (Å²) in [5, 5.41) is 11.7. The number of hydrogen-bond acceptors (Lipinski definition) is 3. The highest BCUT2D eigenvalue weighted by Gasteiger charge is 2.40. The number of piperidine rings is 1. The third kappa shape index (κ3) is 1.56. The van der Waals surface area contributed by atoms with Crippen LogP contribution in [0.5, 0.6) is 0 Å². The Labute approximate surface area is 77.9 Å². The normalized spacial score (nSPS) is 34.4. The molecule has 2 fully saturated rings. The lowest BCUT2D eigenvalue weighted by atomic mass is 9.91. The van der Waals surface area contributed by atoms with Crippen LogP contribution in [0.25, 0.3) is 0 Å². The molecule has 74 valence electrons. The van der Waals surface area contributed by atoms with Crippen molar-refractivity contribution in [1.82, 2.24) is 10.2 Å². The lowest BCUT2D eigenvalue weighted by Gasteiger charge is -2.35. The molecular formula is C9H16N2O2. The van der Waals surface area contributed by atoms with Crippen molar-refractivity contribution in [3.05, 3.63) is 0 Å². The zero-order valence-corrected chi connectivity index (χ0v) is 7.70. The van der Waals surface area contributed by atoms with Crippen LogP contribution in [0.3, 0.4) is 0 Å². The number of rotatable bonds is 2. The molecule has 0 aromatic carbocycles. The first-order valence-electron chi connectivity index (χ1n) is 4.95. The predicted molar refractivity (Wildman–Crippen MR) is 48.2 cm³/mol. The van der Waals surface area contributed by atoms with E-state index in [2.05, 4.69) is 10.2 Å². The Morgan fingerprint density at radius 1 is 1.62 bits per heavy atom. The zero-order chi connectivity index (χ0) is 9.26. The van der Waals surface area contributed by atoms with E-state index in [0.29, 0.717) is 12.6 Å². The number of aliphatic hydroxyl groups is 1. The molecule has 2 heterocycles. The number of carbonyl (C=O) groups excluding carboxylic acids is 1. The second kappa shape index (κ2) is 3.64. The molecule has 0 radical (unpaired) electrons. The fraction of sp³-hybridized carbons (Fsp3) is 0.889. The lowest BCUT2D eigenvalue weighted by molar-refractivity contribution is -0.124. The number of β-amino-alcohol motifs (C(OH)–C–C–N with tert-alkyl or cyclic N) is 1. The van der Waals surface area contributed by atoms with E-state index in [4.69, 9.17) is 5.11 Å². The third-order valence-electron chi connectivity index (χ3n) is 3.10. The Hall–Kier alpha value is -0.610. The fourth-order valence-corrected chi connectivity index (χ4v) is 2.45. The molecular weight excluding hydrogens is 168 g/mol. The summed E-state index contributed by atoms with van der Waals surface area (Å²) in [5.74, 6) is 0.382. The van der Waals surface area contributed by atoms with Gasteiger partial charge in [0.1, 0.15) is 0 Å². The highest BCUT2D eigenvalue weighted by Crippen LogP contribution is 2.26. The number of nitrogens with zero attached hydrogens (tertiary/aromatic N) is 1. The number of fused-ring (bicyclic) bond motifs is 1. The van der Waals surface area contributed by atoms with Crippen molar-refractivity contribution >= 4 is 5.91 Å². The summed E-state index contributed by atoms with van der Waals surface area (Å²) in [5.41, 5.74) is 0. The van der Waals surface area contributed by atoms with Crippen LogP contribution in [-0.4, -0.2) is 48.2 Å². The molecule has 4 nitrogen and oxygen atoms in total. The van der Waals surface area contributed by atoms with Gasteiger partial charge in [0.15, 0.2) is 0 Å². The van der Waals surface area contributed by atoms with Gasteiger partial charge in [-0.15, -0.1) is 0 Å². The van der Waals surface area contributed by atoms with Crippen molar-refractivity contribution in [2.75, 3.05) is 26.2 Å². The van der Waals surface area contributed by atoms with Gasteiger partial charge in [-0.25, -0.2) is 0 Å². The first-order valence-corrected chi connectivity index (χ1v) is 4.95. The van der Waals surface area contributed by atoms with E-state index in [0.717, 1.165) is 25.9 Å². The van der Waals surface area contributed by atoms with Crippen molar-refractivity contribution in [2.24, 2.45) is 5.92 Å². The van der Waals surface area contributed by atoms with Crippen LogP contribution in [0, 0.1) is 5.92 Å².